The maximum Gasteiger partial charge on any atom is 0.191 e. The predicted octanol–water partition coefficient (Wildman–Crippen LogP) is 2.22. The smallest absolute Gasteiger partial charge is 0.191 e. The van der Waals surface area contributed by atoms with E-state index in [1.165, 1.54) is 4.88 Å². The average molecular weight is 300 g/mol. The van der Waals surface area contributed by atoms with Gasteiger partial charge in [0.2, 0.25) is 0 Å². The fourth-order valence-corrected chi connectivity index (χ4v) is 2.90. The van der Waals surface area contributed by atoms with Gasteiger partial charge in [-0.25, -0.2) is 4.98 Å². The summed E-state index contributed by atoms with van der Waals surface area (Å²) in [6.07, 6.45) is 3.11. The molecule has 0 saturated heterocycles. The topological polar surface area (TPSA) is 49.3 Å². The van der Waals surface area contributed by atoms with E-state index in [0.717, 1.165) is 48.5 Å². The first-order chi connectivity index (χ1) is 9.17. The molecule has 19 heavy (non-hydrogen) atoms. The van der Waals surface area contributed by atoms with Crippen LogP contribution in [0.1, 0.15) is 22.5 Å². The third-order valence-electron chi connectivity index (χ3n) is 2.55. The second-order valence-corrected chi connectivity index (χ2v) is 6.45. The van der Waals surface area contributed by atoms with Crippen LogP contribution in [0.3, 0.4) is 0 Å². The Labute approximate surface area is 124 Å². The lowest BCUT2D eigenvalue weighted by atomic mass is 10.3. The van der Waals surface area contributed by atoms with Gasteiger partial charge in [-0.15, -0.1) is 11.3 Å². The van der Waals surface area contributed by atoms with Crippen LogP contribution in [-0.4, -0.2) is 42.6 Å². The molecule has 1 heterocycles. The summed E-state index contributed by atoms with van der Waals surface area (Å²) in [5.41, 5.74) is 1.16. The zero-order valence-electron chi connectivity index (χ0n) is 12.2. The molecule has 0 bridgehead atoms. The fraction of sp³-hybridized carbons (Fsp3) is 0.692. The molecular formula is C13H24N4S2. The van der Waals surface area contributed by atoms with Gasteiger partial charge in [0.05, 0.1) is 17.2 Å². The SMILES string of the molecule is CCNC(=NCCSC)NCCc1sc(C)nc1C. The van der Waals surface area contributed by atoms with E-state index in [1.807, 2.05) is 11.8 Å². The highest BCUT2D eigenvalue weighted by atomic mass is 32.2. The number of thioether (sulfide) groups is 1. The second kappa shape index (κ2) is 9.20. The first-order valence-corrected chi connectivity index (χ1v) is 8.82. The van der Waals surface area contributed by atoms with E-state index in [9.17, 15) is 0 Å². The van der Waals surface area contributed by atoms with Crippen molar-refractivity contribution in [3.05, 3.63) is 15.6 Å². The third-order valence-corrected chi connectivity index (χ3v) is 4.28. The number of guanidine groups is 1. The molecule has 0 aliphatic carbocycles. The van der Waals surface area contributed by atoms with Crippen molar-refractivity contribution in [2.75, 3.05) is 31.6 Å². The summed E-state index contributed by atoms with van der Waals surface area (Å²) in [4.78, 5) is 10.3. The second-order valence-electron chi connectivity index (χ2n) is 4.17. The molecule has 1 aromatic rings. The minimum atomic E-state index is 0.856. The summed E-state index contributed by atoms with van der Waals surface area (Å²) >= 11 is 3.60. The summed E-state index contributed by atoms with van der Waals surface area (Å²) < 4.78 is 0. The molecule has 0 spiro atoms. The van der Waals surface area contributed by atoms with E-state index in [-0.39, 0.29) is 0 Å². The maximum absolute atomic E-state index is 4.52. The van der Waals surface area contributed by atoms with Crippen molar-refractivity contribution in [3.63, 3.8) is 0 Å². The molecule has 0 amide bonds. The Hall–Kier alpha value is -0.750. The van der Waals surface area contributed by atoms with Crippen LogP contribution in [0.5, 0.6) is 0 Å². The van der Waals surface area contributed by atoms with Crippen molar-refractivity contribution in [3.8, 4) is 0 Å². The van der Waals surface area contributed by atoms with Crippen molar-refractivity contribution in [1.82, 2.24) is 15.6 Å². The molecule has 6 heteroatoms. The fourth-order valence-electron chi connectivity index (χ4n) is 1.69. The van der Waals surface area contributed by atoms with Crippen LogP contribution in [0, 0.1) is 13.8 Å². The molecule has 0 aromatic carbocycles. The van der Waals surface area contributed by atoms with Crippen molar-refractivity contribution in [1.29, 1.82) is 0 Å². The van der Waals surface area contributed by atoms with Gasteiger partial charge in [-0.05, 0) is 27.0 Å². The monoisotopic (exact) mass is 300 g/mol. The Bertz CT molecular complexity index is 401. The van der Waals surface area contributed by atoms with E-state index < -0.39 is 0 Å². The lowest BCUT2D eigenvalue weighted by molar-refractivity contribution is 0.806. The van der Waals surface area contributed by atoms with Crippen LogP contribution < -0.4 is 10.6 Å². The van der Waals surface area contributed by atoms with Crippen LogP contribution >= 0.6 is 23.1 Å². The van der Waals surface area contributed by atoms with Crippen LogP contribution in [0.25, 0.3) is 0 Å². The Morgan fingerprint density at radius 1 is 1.37 bits per heavy atom. The standard InChI is InChI=1S/C13H24N4S2/c1-5-14-13(16-8-9-18-4)15-7-6-12-10(2)17-11(3)19-12/h5-9H2,1-4H3,(H2,14,15,16). The van der Waals surface area contributed by atoms with Crippen molar-refractivity contribution < 1.29 is 0 Å². The number of hydrogen-bond acceptors (Lipinski definition) is 4. The van der Waals surface area contributed by atoms with Gasteiger partial charge < -0.3 is 10.6 Å². The lowest BCUT2D eigenvalue weighted by Gasteiger charge is -2.10. The van der Waals surface area contributed by atoms with Gasteiger partial charge in [-0.1, -0.05) is 0 Å². The molecule has 108 valence electrons. The number of aromatic nitrogens is 1. The van der Waals surface area contributed by atoms with Crippen LogP contribution in [0.15, 0.2) is 4.99 Å². The Morgan fingerprint density at radius 2 is 2.16 bits per heavy atom. The Morgan fingerprint density at radius 3 is 2.74 bits per heavy atom. The van der Waals surface area contributed by atoms with E-state index in [0.29, 0.717) is 0 Å². The molecular weight excluding hydrogens is 276 g/mol. The molecule has 1 aromatic heterocycles. The summed E-state index contributed by atoms with van der Waals surface area (Å²) in [5.74, 6) is 1.97. The molecule has 0 radical (unpaired) electrons. The number of rotatable bonds is 7. The van der Waals surface area contributed by atoms with Gasteiger partial charge >= 0.3 is 0 Å². The largest absolute Gasteiger partial charge is 0.357 e. The lowest BCUT2D eigenvalue weighted by Crippen LogP contribution is -2.38. The first kappa shape index (κ1) is 16.3. The van der Waals surface area contributed by atoms with Crippen LogP contribution in [0.4, 0.5) is 0 Å². The Balaban J connectivity index is 2.39. The molecule has 0 saturated carbocycles. The first-order valence-electron chi connectivity index (χ1n) is 6.61. The number of nitrogens with one attached hydrogen (secondary N) is 2. The Kier molecular flexibility index (Phi) is 7.90. The number of nitrogens with zero attached hydrogens (tertiary/aromatic N) is 2. The van der Waals surface area contributed by atoms with E-state index in [1.54, 1.807) is 11.3 Å². The molecule has 0 fully saturated rings. The molecule has 0 atom stereocenters. The third kappa shape index (κ3) is 6.29. The highest BCUT2D eigenvalue weighted by Crippen LogP contribution is 2.16. The molecule has 0 aliphatic heterocycles. The van der Waals surface area contributed by atoms with Crippen molar-refractivity contribution in [2.24, 2.45) is 4.99 Å². The average Bonchev–Trinajstić information content (AvgIpc) is 2.68. The highest BCUT2D eigenvalue weighted by molar-refractivity contribution is 7.98. The summed E-state index contributed by atoms with van der Waals surface area (Å²) in [6.45, 7) is 8.87. The van der Waals surface area contributed by atoms with Gasteiger partial charge in [0.25, 0.3) is 0 Å². The summed E-state index contributed by atoms with van der Waals surface area (Å²) in [5, 5.41) is 7.78. The zero-order chi connectivity index (χ0) is 14.1. The van der Waals surface area contributed by atoms with Crippen LogP contribution in [0.2, 0.25) is 0 Å². The van der Waals surface area contributed by atoms with E-state index in [4.69, 9.17) is 0 Å². The predicted molar refractivity (Wildman–Crippen MR) is 87.7 cm³/mol. The van der Waals surface area contributed by atoms with Gasteiger partial charge in [-0.2, -0.15) is 11.8 Å². The van der Waals surface area contributed by atoms with Crippen molar-refractivity contribution in [2.45, 2.75) is 27.2 Å². The number of aryl methyl sites for hydroxylation is 2. The van der Waals surface area contributed by atoms with Gasteiger partial charge in [0.1, 0.15) is 0 Å². The maximum atomic E-state index is 4.52. The van der Waals surface area contributed by atoms with Gasteiger partial charge in [0, 0.05) is 30.1 Å². The summed E-state index contributed by atoms with van der Waals surface area (Å²) in [6, 6.07) is 0. The molecule has 0 aliphatic rings. The van der Waals surface area contributed by atoms with Crippen molar-refractivity contribution >= 4 is 29.1 Å². The quantitative estimate of drug-likeness (QED) is 0.460. The van der Waals surface area contributed by atoms with Gasteiger partial charge in [0.15, 0.2) is 5.96 Å². The molecule has 4 nitrogen and oxygen atoms in total. The highest BCUT2D eigenvalue weighted by Gasteiger charge is 2.04. The van der Waals surface area contributed by atoms with Crippen LogP contribution in [-0.2, 0) is 6.42 Å². The molecule has 2 N–H and O–H groups in total. The number of aliphatic imine (C=N–C) groups is 1. The summed E-state index contributed by atoms with van der Waals surface area (Å²) in [7, 11) is 0. The van der Waals surface area contributed by atoms with E-state index >= 15 is 0 Å². The zero-order valence-corrected chi connectivity index (χ0v) is 13.9. The number of hydrogen-bond donors (Lipinski definition) is 2. The number of thiazole rings is 1. The minimum absolute atomic E-state index is 0.856. The van der Waals surface area contributed by atoms with E-state index in [2.05, 4.69) is 47.6 Å². The van der Waals surface area contributed by atoms with Gasteiger partial charge in [-0.3, -0.25) is 4.99 Å². The normalized spacial score (nSPS) is 11.7. The molecule has 0 unspecified atom stereocenters. The molecule has 1 rings (SSSR count). The minimum Gasteiger partial charge on any atom is -0.357 e.